The number of aryl methyl sites for hydroxylation is 4. The third-order valence-corrected chi connectivity index (χ3v) is 8.25. The van der Waals surface area contributed by atoms with Gasteiger partial charge in [-0.15, -0.1) is 0 Å². The molecule has 0 spiro atoms. The van der Waals surface area contributed by atoms with Crippen LogP contribution in [0.2, 0.25) is 0 Å². The monoisotopic (exact) mass is 476 g/mol. The molecule has 0 aliphatic carbocycles. The Bertz CT molecular complexity index is 1470. The van der Waals surface area contributed by atoms with E-state index in [1.54, 1.807) is 16.4 Å². The number of para-hydroxylation sites is 1. The summed E-state index contributed by atoms with van der Waals surface area (Å²) in [4.78, 5) is 12.0. The Kier molecular flexibility index (Phi) is 5.61. The molecule has 1 aliphatic rings. The largest absolute Gasteiger partial charge is 0.353 e. The van der Waals surface area contributed by atoms with E-state index in [4.69, 9.17) is 15.1 Å². The van der Waals surface area contributed by atoms with Gasteiger partial charge >= 0.3 is 0 Å². The van der Waals surface area contributed by atoms with E-state index >= 15 is 0 Å². The van der Waals surface area contributed by atoms with E-state index < -0.39 is 10.0 Å². The smallest absolute Gasteiger partial charge is 0.243 e. The van der Waals surface area contributed by atoms with Crippen molar-refractivity contribution in [1.82, 2.24) is 24.1 Å². The molecule has 0 unspecified atom stereocenters. The molecule has 0 bridgehead atoms. The summed E-state index contributed by atoms with van der Waals surface area (Å²) in [6.07, 6.45) is 0. The Labute approximate surface area is 199 Å². The fourth-order valence-electron chi connectivity index (χ4n) is 4.46. The minimum atomic E-state index is -3.52. The van der Waals surface area contributed by atoms with E-state index in [2.05, 4.69) is 17.9 Å². The van der Waals surface area contributed by atoms with Crippen molar-refractivity contribution < 1.29 is 8.42 Å². The minimum absolute atomic E-state index is 0.335. The molecular weight excluding hydrogens is 448 g/mol. The first-order valence-electron chi connectivity index (χ1n) is 11.4. The van der Waals surface area contributed by atoms with Gasteiger partial charge in [0.05, 0.1) is 21.7 Å². The van der Waals surface area contributed by atoms with Crippen LogP contribution in [0.4, 0.5) is 5.82 Å². The van der Waals surface area contributed by atoms with Crippen LogP contribution in [-0.2, 0) is 10.0 Å². The number of hydrogen-bond donors (Lipinski definition) is 0. The number of nitrogens with zero attached hydrogens (tertiary/aromatic N) is 6. The number of fused-ring (bicyclic) bond motifs is 1. The van der Waals surface area contributed by atoms with Crippen molar-refractivity contribution in [2.45, 2.75) is 32.6 Å². The molecule has 0 radical (unpaired) electrons. The number of benzene rings is 2. The summed E-state index contributed by atoms with van der Waals surface area (Å²) in [5, 5.41) is 5.71. The van der Waals surface area contributed by atoms with Gasteiger partial charge in [-0.3, -0.25) is 0 Å². The van der Waals surface area contributed by atoms with Crippen LogP contribution in [0.25, 0.3) is 16.7 Å². The lowest BCUT2D eigenvalue weighted by Gasteiger charge is -2.35. The SMILES string of the molecule is Cc1ccc(S(=O)(=O)N2CCN(c3nc(C)nc4c3c(C)nn4-c3ccccc3C)CC2)cc1. The first kappa shape index (κ1) is 22.5. The standard InChI is InChI=1S/C25H28N6O2S/c1-17-9-11-21(12-10-17)34(32,33)30-15-13-29(14-16-30)24-23-19(3)28-31(25(23)27-20(4)26-24)22-8-6-5-7-18(22)2/h5-12H,13-16H2,1-4H3. The lowest BCUT2D eigenvalue weighted by molar-refractivity contribution is 0.384. The van der Waals surface area contributed by atoms with Crippen molar-refractivity contribution in [1.29, 1.82) is 0 Å². The van der Waals surface area contributed by atoms with E-state index in [1.165, 1.54) is 0 Å². The summed E-state index contributed by atoms with van der Waals surface area (Å²) in [6, 6.07) is 15.1. The molecule has 2 aromatic heterocycles. The van der Waals surface area contributed by atoms with Gasteiger partial charge < -0.3 is 4.90 Å². The van der Waals surface area contributed by atoms with Gasteiger partial charge in [-0.1, -0.05) is 35.9 Å². The molecular formula is C25H28N6O2S. The number of rotatable bonds is 4. The average molecular weight is 477 g/mol. The highest BCUT2D eigenvalue weighted by atomic mass is 32.2. The fourth-order valence-corrected chi connectivity index (χ4v) is 5.89. The first-order valence-corrected chi connectivity index (χ1v) is 12.8. The Morgan fingerprint density at radius 3 is 2.18 bits per heavy atom. The van der Waals surface area contributed by atoms with Gasteiger partial charge in [-0.05, 0) is 51.5 Å². The van der Waals surface area contributed by atoms with Crippen molar-refractivity contribution in [3.8, 4) is 5.69 Å². The zero-order chi connectivity index (χ0) is 24.0. The van der Waals surface area contributed by atoms with Gasteiger partial charge in [0, 0.05) is 26.2 Å². The number of hydrogen-bond acceptors (Lipinski definition) is 6. The highest BCUT2D eigenvalue weighted by Crippen LogP contribution is 2.31. The van der Waals surface area contributed by atoms with Gasteiger partial charge in [0.1, 0.15) is 11.6 Å². The maximum Gasteiger partial charge on any atom is 0.243 e. The molecule has 9 heteroatoms. The maximum absolute atomic E-state index is 13.1. The minimum Gasteiger partial charge on any atom is -0.353 e. The Balaban J connectivity index is 1.47. The quantitative estimate of drug-likeness (QED) is 0.448. The lowest BCUT2D eigenvalue weighted by Crippen LogP contribution is -2.49. The third-order valence-electron chi connectivity index (χ3n) is 6.34. The van der Waals surface area contributed by atoms with Crippen LogP contribution in [-0.4, -0.2) is 58.7 Å². The molecule has 0 N–H and O–H groups in total. The van der Waals surface area contributed by atoms with Crippen molar-refractivity contribution in [2.24, 2.45) is 0 Å². The summed E-state index contributed by atoms with van der Waals surface area (Å²) < 4.78 is 29.7. The van der Waals surface area contributed by atoms with Crippen molar-refractivity contribution in [3.63, 3.8) is 0 Å². The van der Waals surface area contributed by atoms with Gasteiger partial charge in [0.25, 0.3) is 0 Å². The van der Waals surface area contributed by atoms with Gasteiger partial charge in [0.2, 0.25) is 10.0 Å². The van der Waals surface area contributed by atoms with Crippen molar-refractivity contribution >= 4 is 26.9 Å². The first-order chi connectivity index (χ1) is 16.3. The van der Waals surface area contributed by atoms with E-state index in [1.807, 2.05) is 55.8 Å². The third kappa shape index (κ3) is 3.84. The maximum atomic E-state index is 13.1. The molecule has 176 valence electrons. The highest BCUT2D eigenvalue weighted by Gasteiger charge is 2.30. The zero-order valence-corrected chi connectivity index (χ0v) is 20.7. The molecule has 4 aromatic rings. The molecule has 0 amide bonds. The van der Waals surface area contributed by atoms with E-state index in [0.717, 1.165) is 39.4 Å². The van der Waals surface area contributed by atoms with Crippen LogP contribution in [0.15, 0.2) is 53.4 Å². The van der Waals surface area contributed by atoms with Gasteiger partial charge in [-0.25, -0.2) is 23.1 Å². The topological polar surface area (TPSA) is 84.2 Å². The van der Waals surface area contributed by atoms with Crippen LogP contribution in [0, 0.1) is 27.7 Å². The van der Waals surface area contributed by atoms with Crippen LogP contribution >= 0.6 is 0 Å². The van der Waals surface area contributed by atoms with E-state index in [-0.39, 0.29) is 0 Å². The molecule has 3 heterocycles. The summed E-state index contributed by atoms with van der Waals surface area (Å²) >= 11 is 0. The Hall–Kier alpha value is -3.30. The summed E-state index contributed by atoms with van der Waals surface area (Å²) in [5.41, 5.74) is 4.75. The number of aromatic nitrogens is 4. The molecule has 1 saturated heterocycles. The van der Waals surface area contributed by atoms with Gasteiger partial charge in [0.15, 0.2) is 5.65 Å². The second-order valence-corrected chi connectivity index (χ2v) is 10.7. The molecule has 1 aliphatic heterocycles. The Morgan fingerprint density at radius 2 is 1.50 bits per heavy atom. The summed E-state index contributed by atoms with van der Waals surface area (Å²) in [7, 11) is -3.52. The second kappa shape index (κ2) is 8.48. The number of anilines is 1. The Morgan fingerprint density at radius 1 is 0.824 bits per heavy atom. The molecule has 0 atom stereocenters. The lowest BCUT2D eigenvalue weighted by atomic mass is 10.2. The number of sulfonamides is 1. The normalized spacial score (nSPS) is 15.2. The zero-order valence-electron chi connectivity index (χ0n) is 19.9. The fraction of sp³-hybridized carbons (Fsp3) is 0.320. The van der Waals surface area contributed by atoms with E-state index in [0.29, 0.717) is 36.9 Å². The van der Waals surface area contributed by atoms with Crippen LogP contribution < -0.4 is 4.90 Å². The molecule has 8 nitrogen and oxygen atoms in total. The highest BCUT2D eigenvalue weighted by molar-refractivity contribution is 7.89. The van der Waals surface area contributed by atoms with Crippen LogP contribution in [0.3, 0.4) is 0 Å². The molecule has 5 rings (SSSR count). The van der Waals surface area contributed by atoms with Crippen LogP contribution in [0.1, 0.15) is 22.6 Å². The van der Waals surface area contributed by atoms with Crippen LogP contribution in [0.5, 0.6) is 0 Å². The van der Waals surface area contributed by atoms with Crippen molar-refractivity contribution in [3.05, 3.63) is 71.2 Å². The predicted molar refractivity (Wildman–Crippen MR) is 133 cm³/mol. The second-order valence-electron chi connectivity index (χ2n) is 8.78. The molecule has 0 saturated carbocycles. The predicted octanol–water partition coefficient (Wildman–Crippen LogP) is 3.56. The molecule has 1 fully saturated rings. The van der Waals surface area contributed by atoms with Crippen molar-refractivity contribution in [2.75, 3.05) is 31.1 Å². The summed E-state index contributed by atoms with van der Waals surface area (Å²) in [5.74, 6) is 1.47. The average Bonchev–Trinajstić information content (AvgIpc) is 3.15. The summed E-state index contributed by atoms with van der Waals surface area (Å²) in [6.45, 7) is 9.74. The number of piperazine rings is 1. The molecule has 2 aromatic carbocycles. The van der Waals surface area contributed by atoms with E-state index in [9.17, 15) is 8.42 Å². The van der Waals surface area contributed by atoms with Gasteiger partial charge in [-0.2, -0.15) is 9.40 Å². The molecule has 34 heavy (non-hydrogen) atoms.